The molecule has 1 atom stereocenters. The van der Waals surface area contributed by atoms with Crippen molar-refractivity contribution in [3.63, 3.8) is 0 Å². The van der Waals surface area contributed by atoms with Crippen molar-refractivity contribution >= 4 is 51.3 Å². The Balaban J connectivity index is 1.47. The van der Waals surface area contributed by atoms with Crippen LogP contribution in [-0.4, -0.2) is 49.6 Å². The lowest BCUT2D eigenvalue weighted by molar-refractivity contribution is -0.132. The number of thioether (sulfide) groups is 1. The van der Waals surface area contributed by atoms with Crippen molar-refractivity contribution < 1.29 is 28.6 Å². The molecule has 1 fully saturated rings. The number of benzene rings is 2. The number of ketones is 1. The first-order chi connectivity index (χ1) is 22.3. The van der Waals surface area contributed by atoms with Gasteiger partial charge in [0.15, 0.2) is 21.6 Å². The molecule has 1 amide bonds. The molecule has 13 heteroatoms. The number of hydrogen-bond acceptors (Lipinski definition) is 10. The summed E-state index contributed by atoms with van der Waals surface area (Å²) in [6, 6.07) is 15.9. The van der Waals surface area contributed by atoms with Crippen LogP contribution in [0.4, 0.5) is 9.52 Å². The summed E-state index contributed by atoms with van der Waals surface area (Å²) in [4.78, 5) is 33.4. The van der Waals surface area contributed by atoms with Gasteiger partial charge in [0.2, 0.25) is 5.13 Å². The van der Waals surface area contributed by atoms with Gasteiger partial charge in [-0.25, -0.2) is 9.37 Å². The molecule has 0 bridgehead atoms. The molecule has 10 nitrogen and oxygen atoms in total. The van der Waals surface area contributed by atoms with Gasteiger partial charge in [-0.1, -0.05) is 60.4 Å². The molecular formula is C33H30FN5O5S2. The summed E-state index contributed by atoms with van der Waals surface area (Å²) >= 11 is 2.36. The molecule has 5 aromatic rings. The number of aliphatic hydroxyl groups excluding tert-OH is 1. The molecule has 1 N–H and O–H groups in total. The van der Waals surface area contributed by atoms with Crippen LogP contribution in [0.2, 0.25) is 0 Å². The summed E-state index contributed by atoms with van der Waals surface area (Å²) in [6.07, 6.45) is 2.52. The van der Waals surface area contributed by atoms with Gasteiger partial charge in [0.1, 0.15) is 17.2 Å². The third-order valence-corrected chi connectivity index (χ3v) is 9.43. The first-order valence-electron chi connectivity index (χ1n) is 14.7. The van der Waals surface area contributed by atoms with E-state index in [9.17, 15) is 19.1 Å². The molecule has 0 aliphatic carbocycles. The van der Waals surface area contributed by atoms with E-state index in [2.05, 4.69) is 15.2 Å². The van der Waals surface area contributed by atoms with Gasteiger partial charge in [-0.15, -0.1) is 10.2 Å². The van der Waals surface area contributed by atoms with Gasteiger partial charge in [-0.3, -0.25) is 18.9 Å². The number of aryl methyl sites for hydroxylation is 1. The smallest absolute Gasteiger partial charge is 0.301 e. The summed E-state index contributed by atoms with van der Waals surface area (Å²) in [5, 5.41) is 20.5. The molecule has 1 aliphatic heterocycles. The number of aromatic nitrogens is 4. The SMILES string of the molecule is CCCOc1ccc(C2/C(=C(\O)c3c(C)nc4ccccn34)C(=O)C(=O)N2c2nnc(SCc3ccccc3F)s2)cc1OCC. The van der Waals surface area contributed by atoms with E-state index in [4.69, 9.17) is 9.47 Å². The molecule has 0 saturated carbocycles. The number of rotatable bonds is 11. The molecule has 0 radical (unpaired) electrons. The van der Waals surface area contributed by atoms with Crippen LogP contribution >= 0.6 is 23.1 Å². The second-order valence-electron chi connectivity index (χ2n) is 10.4. The first-order valence-corrected chi connectivity index (χ1v) is 16.5. The van der Waals surface area contributed by atoms with Crippen molar-refractivity contribution in [3.05, 3.63) is 101 Å². The minimum Gasteiger partial charge on any atom is -0.505 e. The number of nitrogens with zero attached hydrogens (tertiary/aromatic N) is 5. The van der Waals surface area contributed by atoms with Gasteiger partial charge < -0.3 is 14.6 Å². The Hall–Kier alpha value is -4.75. The van der Waals surface area contributed by atoms with E-state index < -0.39 is 17.7 Å². The second-order valence-corrected chi connectivity index (χ2v) is 12.5. The first kappa shape index (κ1) is 31.2. The van der Waals surface area contributed by atoms with Gasteiger partial charge in [0.05, 0.1) is 30.5 Å². The predicted molar refractivity (Wildman–Crippen MR) is 174 cm³/mol. The summed E-state index contributed by atoms with van der Waals surface area (Å²) in [5.74, 6) is -1.20. The predicted octanol–water partition coefficient (Wildman–Crippen LogP) is 6.74. The van der Waals surface area contributed by atoms with E-state index in [1.165, 1.54) is 22.7 Å². The number of amides is 1. The largest absolute Gasteiger partial charge is 0.505 e. The fraction of sp³-hybridized carbons (Fsp3) is 0.242. The number of halogens is 1. The topological polar surface area (TPSA) is 119 Å². The van der Waals surface area contributed by atoms with Crippen molar-refractivity contribution in [1.82, 2.24) is 19.6 Å². The van der Waals surface area contributed by atoms with Crippen LogP contribution in [-0.2, 0) is 15.3 Å². The number of pyridine rings is 1. The highest BCUT2D eigenvalue weighted by atomic mass is 32.2. The maximum atomic E-state index is 14.2. The Bertz CT molecular complexity index is 1970. The van der Waals surface area contributed by atoms with Crippen molar-refractivity contribution in [2.75, 3.05) is 18.1 Å². The van der Waals surface area contributed by atoms with E-state index >= 15 is 0 Å². The summed E-state index contributed by atoms with van der Waals surface area (Å²) in [6.45, 7) is 6.40. The normalized spacial score (nSPS) is 16.0. The number of ether oxygens (including phenoxy) is 2. The number of carbonyl (C=O) groups excluding carboxylic acids is 2. The zero-order valence-electron chi connectivity index (χ0n) is 25.3. The number of Topliss-reactive ketones (excluding diaryl/α,β-unsaturated/α-hetero) is 1. The van der Waals surface area contributed by atoms with E-state index in [1.807, 2.05) is 19.9 Å². The number of imidazole rings is 1. The average molecular weight is 660 g/mol. The van der Waals surface area contributed by atoms with Gasteiger partial charge in [0, 0.05) is 11.9 Å². The Labute approximate surface area is 272 Å². The quantitative estimate of drug-likeness (QED) is 0.0541. The molecule has 3 aromatic heterocycles. The Morgan fingerprint density at radius 3 is 2.63 bits per heavy atom. The average Bonchev–Trinajstić information content (AvgIpc) is 3.73. The van der Waals surface area contributed by atoms with Crippen LogP contribution in [0.25, 0.3) is 11.4 Å². The van der Waals surface area contributed by atoms with E-state index in [-0.39, 0.29) is 22.3 Å². The monoisotopic (exact) mass is 659 g/mol. The third-order valence-electron chi connectivity index (χ3n) is 7.33. The van der Waals surface area contributed by atoms with Crippen LogP contribution in [0.1, 0.15) is 48.8 Å². The van der Waals surface area contributed by atoms with Crippen LogP contribution in [0.15, 0.2) is 76.8 Å². The minimum absolute atomic E-state index is 0.126. The van der Waals surface area contributed by atoms with Crippen LogP contribution in [0, 0.1) is 12.7 Å². The maximum Gasteiger partial charge on any atom is 0.301 e. The summed E-state index contributed by atoms with van der Waals surface area (Å²) < 4.78 is 28.2. The van der Waals surface area contributed by atoms with Crippen molar-refractivity contribution in [2.45, 2.75) is 43.3 Å². The molecular weight excluding hydrogens is 630 g/mol. The lowest BCUT2D eigenvalue weighted by Crippen LogP contribution is -2.29. The summed E-state index contributed by atoms with van der Waals surface area (Å²) in [5.41, 5.74) is 2.22. The van der Waals surface area contributed by atoms with Crippen LogP contribution < -0.4 is 14.4 Å². The molecule has 2 aromatic carbocycles. The van der Waals surface area contributed by atoms with Crippen molar-refractivity contribution in [1.29, 1.82) is 0 Å². The minimum atomic E-state index is -1.08. The molecule has 1 aliphatic rings. The number of aliphatic hydroxyl groups is 1. The number of hydrogen-bond donors (Lipinski definition) is 1. The highest BCUT2D eigenvalue weighted by Crippen LogP contribution is 2.46. The fourth-order valence-corrected chi connectivity index (χ4v) is 7.13. The van der Waals surface area contributed by atoms with Gasteiger partial charge in [0.25, 0.3) is 5.78 Å². The zero-order valence-corrected chi connectivity index (χ0v) is 26.9. The highest BCUT2D eigenvalue weighted by Gasteiger charge is 2.49. The van der Waals surface area contributed by atoms with Crippen molar-refractivity contribution in [2.24, 2.45) is 0 Å². The number of fused-ring (bicyclic) bond motifs is 1. The second kappa shape index (κ2) is 13.3. The van der Waals surface area contributed by atoms with Gasteiger partial charge in [-0.05, 0) is 61.7 Å². The fourth-order valence-electron chi connectivity index (χ4n) is 5.28. The maximum absolute atomic E-state index is 14.2. The molecule has 46 heavy (non-hydrogen) atoms. The molecule has 4 heterocycles. The standard InChI is InChI=1S/C33H30FN5O5S2/c1-4-16-44-23-14-13-20(17-24(23)43-5-2)28-26(29(40)27-19(3)35-25-12-8-9-15-38(25)27)30(41)31(42)39(28)32-36-37-33(46-32)45-18-21-10-6-7-11-22(21)34/h6-15,17,28,40H,4-5,16,18H2,1-3H3/b29-26+. The Morgan fingerprint density at radius 2 is 1.85 bits per heavy atom. The Kier molecular flexibility index (Phi) is 9.04. The van der Waals surface area contributed by atoms with Gasteiger partial charge in [-0.2, -0.15) is 0 Å². The number of carbonyl (C=O) groups is 2. The highest BCUT2D eigenvalue weighted by molar-refractivity contribution is 8.00. The lowest BCUT2D eigenvalue weighted by Gasteiger charge is -2.23. The number of anilines is 1. The van der Waals surface area contributed by atoms with Gasteiger partial charge >= 0.3 is 5.91 Å². The molecule has 0 spiro atoms. The lowest BCUT2D eigenvalue weighted by atomic mass is 9.96. The Morgan fingerprint density at radius 1 is 1.04 bits per heavy atom. The van der Waals surface area contributed by atoms with E-state index in [0.29, 0.717) is 63.0 Å². The molecule has 1 saturated heterocycles. The molecule has 6 rings (SSSR count). The van der Waals surface area contributed by atoms with E-state index in [0.717, 1.165) is 17.8 Å². The summed E-state index contributed by atoms with van der Waals surface area (Å²) in [7, 11) is 0. The third kappa shape index (κ3) is 5.83. The van der Waals surface area contributed by atoms with Crippen molar-refractivity contribution in [3.8, 4) is 11.5 Å². The zero-order chi connectivity index (χ0) is 32.4. The van der Waals surface area contributed by atoms with Crippen LogP contribution in [0.3, 0.4) is 0 Å². The van der Waals surface area contributed by atoms with E-state index in [1.54, 1.807) is 66.1 Å². The molecule has 236 valence electrons. The molecule has 1 unspecified atom stereocenters. The van der Waals surface area contributed by atoms with Crippen LogP contribution in [0.5, 0.6) is 11.5 Å².